The fourth-order valence-corrected chi connectivity index (χ4v) is 3.55. The van der Waals surface area contributed by atoms with Crippen molar-refractivity contribution in [2.45, 2.75) is 46.5 Å². The molecule has 1 aliphatic heterocycles. The van der Waals surface area contributed by atoms with Gasteiger partial charge in [-0.15, -0.1) is 0 Å². The van der Waals surface area contributed by atoms with E-state index in [0.29, 0.717) is 23.9 Å². The van der Waals surface area contributed by atoms with Crippen molar-refractivity contribution in [1.82, 2.24) is 5.32 Å². The lowest BCUT2D eigenvalue weighted by atomic mass is 9.67. The maximum atomic E-state index is 12.0. The van der Waals surface area contributed by atoms with Gasteiger partial charge in [-0.3, -0.25) is 4.79 Å². The van der Waals surface area contributed by atoms with Gasteiger partial charge in [0.1, 0.15) is 0 Å². The maximum Gasteiger partial charge on any atom is 0.310 e. The zero-order valence-electron chi connectivity index (χ0n) is 12.0. The Morgan fingerprint density at radius 3 is 2.56 bits per heavy atom. The van der Waals surface area contributed by atoms with Crippen molar-refractivity contribution in [2.75, 3.05) is 19.7 Å². The molecular formula is C15H27NO2. The first-order chi connectivity index (χ1) is 8.53. The normalized spacial score (nSPS) is 32.4. The van der Waals surface area contributed by atoms with Crippen molar-refractivity contribution in [3.63, 3.8) is 0 Å². The Kier molecular flexibility index (Phi) is 4.31. The highest BCUT2D eigenvalue weighted by molar-refractivity contribution is 5.73. The molecule has 18 heavy (non-hydrogen) atoms. The van der Waals surface area contributed by atoms with E-state index in [4.69, 9.17) is 4.74 Å². The van der Waals surface area contributed by atoms with Crippen LogP contribution in [0.25, 0.3) is 0 Å². The second-order valence-corrected chi connectivity index (χ2v) is 6.68. The van der Waals surface area contributed by atoms with E-state index in [9.17, 15) is 4.79 Å². The molecule has 2 fully saturated rings. The number of hydrogen-bond donors (Lipinski definition) is 1. The molecule has 0 aromatic carbocycles. The second kappa shape index (κ2) is 5.60. The Hall–Kier alpha value is -0.570. The summed E-state index contributed by atoms with van der Waals surface area (Å²) in [5.74, 6) is 1.32. The molecule has 2 aliphatic rings. The van der Waals surface area contributed by atoms with Gasteiger partial charge in [0.15, 0.2) is 0 Å². The van der Waals surface area contributed by atoms with Gasteiger partial charge >= 0.3 is 5.97 Å². The highest BCUT2D eigenvalue weighted by Gasteiger charge is 2.41. The molecule has 0 aromatic rings. The van der Waals surface area contributed by atoms with Crippen LogP contribution in [0.1, 0.15) is 46.5 Å². The number of carbonyl (C=O) groups excluding carboxylic acids is 1. The van der Waals surface area contributed by atoms with Crippen LogP contribution < -0.4 is 5.32 Å². The Labute approximate surface area is 111 Å². The van der Waals surface area contributed by atoms with Crippen LogP contribution in [0.15, 0.2) is 0 Å². The standard InChI is InChI=1S/C15H27NO2/c1-4-18-14(17)13-10-16-9-12(13)11-5-7-15(2,3)8-6-11/h11-13,16H,4-10H2,1-3H3. The molecule has 1 saturated carbocycles. The second-order valence-electron chi connectivity index (χ2n) is 6.68. The largest absolute Gasteiger partial charge is 0.466 e. The van der Waals surface area contributed by atoms with Crippen LogP contribution in [0, 0.1) is 23.2 Å². The van der Waals surface area contributed by atoms with E-state index in [1.807, 2.05) is 6.92 Å². The van der Waals surface area contributed by atoms with E-state index in [2.05, 4.69) is 19.2 Å². The molecular weight excluding hydrogens is 226 g/mol. The summed E-state index contributed by atoms with van der Waals surface area (Å²) < 4.78 is 5.21. The topological polar surface area (TPSA) is 38.3 Å². The molecule has 0 spiro atoms. The first-order valence-corrected chi connectivity index (χ1v) is 7.41. The monoisotopic (exact) mass is 253 g/mol. The maximum absolute atomic E-state index is 12.0. The van der Waals surface area contributed by atoms with Crippen molar-refractivity contribution in [1.29, 1.82) is 0 Å². The molecule has 0 bridgehead atoms. The van der Waals surface area contributed by atoms with Gasteiger partial charge in [0.25, 0.3) is 0 Å². The first kappa shape index (κ1) is 13.9. The van der Waals surface area contributed by atoms with Gasteiger partial charge in [0, 0.05) is 6.54 Å². The van der Waals surface area contributed by atoms with Crippen molar-refractivity contribution in [3.05, 3.63) is 0 Å². The summed E-state index contributed by atoms with van der Waals surface area (Å²) in [6.45, 7) is 8.91. The summed E-state index contributed by atoms with van der Waals surface area (Å²) >= 11 is 0. The number of nitrogens with one attached hydrogen (secondary N) is 1. The number of ether oxygens (including phenoxy) is 1. The van der Waals surface area contributed by atoms with Gasteiger partial charge in [-0.2, -0.15) is 0 Å². The molecule has 1 N–H and O–H groups in total. The summed E-state index contributed by atoms with van der Waals surface area (Å²) in [4.78, 5) is 12.0. The minimum Gasteiger partial charge on any atom is -0.466 e. The SMILES string of the molecule is CCOC(=O)C1CNCC1C1CCC(C)(C)CC1. The Morgan fingerprint density at radius 1 is 1.28 bits per heavy atom. The van der Waals surface area contributed by atoms with E-state index < -0.39 is 0 Å². The van der Waals surface area contributed by atoms with Gasteiger partial charge in [-0.1, -0.05) is 13.8 Å². The summed E-state index contributed by atoms with van der Waals surface area (Å²) in [5, 5.41) is 3.38. The summed E-state index contributed by atoms with van der Waals surface area (Å²) in [6, 6.07) is 0. The summed E-state index contributed by atoms with van der Waals surface area (Å²) in [6.07, 6.45) is 5.14. The first-order valence-electron chi connectivity index (χ1n) is 7.41. The van der Waals surface area contributed by atoms with Gasteiger partial charge in [0.05, 0.1) is 12.5 Å². The van der Waals surface area contributed by atoms with Crippen LogP contribution in [0.2, 0.25) is 0 Å². The molecule has 2 rings (SSSR count). The lowest BCUT2D eigenvalue weighted by Crippen LogP contribution is -2.33. The number of carbonyl (C=O) groups is 1. The van der Waals surface area contributed by atoms with E-state index in [1.165, 1.54) is 25.7 Å². The molecule has 1 heterocycles. The fraction of sp³-hybridized carbons (Fsp3) is 0.933. The zero-order valence-corrected chi connectivity index (χ0v) is 12.0. The molecule has 1 aliphatic carbocycles. The third-order valence-corrected chi connectivity index (χ3v) is 4.84. The molecule has 3 nitrogen and oxygen atoms in total. The summed E-state index contributed by atoms with van der Waals surface area (Å²) in [7, 11) is 0. The smallest absolute Gasteiger partial charge is 0.310 e. The lowest BCUT2D eigenvalue weighted by Gasteiger charge is -2.38. The van der Waals surface area contributed by atoms with Gasteiger partial charge in [0.2, 0.25) is 0 Å². The number of rotatable bonds is 3. The van der Waals surface area contributed by atoms with Gasteiger partial charge in [-0.05, 0) is 56.4 Å². The average molecular weight is 253 g/mol. The molecule has 3 heteroatoms. The average Bonchev–Trinajstić information content (AvgIpc) is 2.78. The van der Waals surface area contributed by atoms with Crippen LogP contribution in [0.3, 0.4) is 0 Å². The molecule has 2 atom stereocenters. The van der Waals surface area contributed by atoms with Crippen LogP contribution in [-0.4, -0.2) is 25.7 Å². The highest BCUT2D eigenvalue weighted by atomic mass is 16.5. The third-order valence-electron chi connectivity index (χ3n) is 4.84. The number of hydrogen-bond acceptors (Lipinski definition) is 3. The molecule has 104 valence electrons. The minimum absolute atomic E-state index is 0.0114. The Bertz CT molecular complexity index is 291. The van der Waals surface area contributed by atoms with Crippen molar-refractivity contribution in [3.8, 4) is 0 Å². The van der Waals surface area contributed by atoms with Crippen molar-refractivity contribution < 1.29 is 9.53 Å². The predicted octanol–water partition coefficient (Wildman–Crippen LogP) is 2.60. The van der Waals surface area contributed by atoms with E-state index in [-0.39, 0.29) is 11.9 Å². The Balaban J connectivity index is 1.93. The van der Waals surface area contributed by atoms with E-state index in [0.717, 1.165) is 13.1 Å². The van der Waals surface area contributed by atoms with Gasteiger partial charge in [-0.25, -0.2) is 0 Å². The summed E-state index contributed by atoms with van der Waals surface area (Å²) in [5.41, 5.74) is 0.502. The van der Waals surface area contributed by atoms with Crippen LogP contribution in [-0.2, 0) is 9.53 Å². The van der Waals surface area contributed by atoms with E-state index in [1.54, 1.807) is 0 Å². The van der Waals surface area contributed by atoms with E-state index >= 15 is 0 Å². The molecule has 0 amide bonds. The molecule has 2 unspecified atom stereocenters. The van der Waals surface area contributed by atoms with Crippen LogP contribution in [0.5, 0.6) is 0 Å². The number of esters is 1. The molecule has 0 aromatic heterocycles. The van der Waals surface area contributed by atoms with Gasteiger partial charge < -0.3 is 10.1 Å². The van der Waals surface area contributed by atoms with Crippen LogP contribution in [0.4, 0.5) is 0 Å². The minimum atomic E-state index is 0.0114. The predicted molar refractivity (Wildman–Crippen MR) is 72.2 cm³/mol. The lowest BCUT2D eigenvalue weighted by molar-refractivity contribution is -0.149. The quantitative estimate of drug-likeness (QED) is 0.786. The molecule has 1 saturated heterocycles. The van der Waals surface area contributed by atoms with Crippen molar-refractivity contribution >= 4 is 5.97 Å². The fourth-order valence-electron chi connectivity index (χ4n) is 3.55. The van der Waals surface area contributed by atoms with Crippen molar-refractivity contribution in [2.24, 2.45) is 23.2 Å². The van der Waals surface area contributed by atoms with Crippen LogP contribution >= 0.6 is 0 Å². The molecule has 0 radical (unpaired) electrons. The zero-order chi connectivity index (χ0) is 13.2. The highest BCUT2D eigenvalue weighted by Crippen LogP contribution is 2.43. The Morgan fingerprint density at radius 2 is 1.94 bits per heavy atom. The third kappa shape index (κ3) is 3.05.